The molecule has 0 spiro atoms. The fourth-order valence-corrected chi connectivity index (χ4v) is 2.10. The van der Waals surface area contributed by atoms with Gasteiger partial charge in [0.2, 0.25) is 0 Å². The zero-order chi connectivity index (χ0) is 14.9. The predicted molar refractivity (Wildman–Crippen MR) is 75.2 cm³/mol. The summed E-state index contributed by atoms with van der Waals surface area (Å²) in [5.74, 6) is 0.530. The number of nitrogens with zero attached hydrogens (tertiary/aromatic N) is 3. The SMILES string of the molecule is Cc1ccc(Cl)c(OCn2nc(C)c([N+](=O)[O-])c2C)c1. The molecular formula is C13H14ClN3O3. The summed E-state index contributed by atoms with van der Waals surface area (Å²) in [7, 11) is 0. The number of benzene rings is 1. The molecule has 0 unspecified atom stereocenters. The maximum atomic E-state index is 10.9. The molecule has 2 aromatic rings. The minimum Gasteiger partial charge on any atom is -0.470 e. The fraction of sp³-hybridized carbons (Fsp3) is 0.308. The molecule has 20 heavy (non-hydrogen) atoms. The molecule has 0 aliphatic carbocycles. The molecule has 0 amide bonds. The van der Waals surface area contributed by atoms with Crippen LogP contribution in [0.25, 0.3) is 0 Å². The van der Waals surface area contributed by atoms with E-state index in [0.29, 0.717) is 22.2 Å². The summed E-state index contributed by atoms with van der Waals surface area (Å²) >= 11 is 6.03. The van der Waals surface area contributed by atoms with Crippen LogP contribution in [0.2, 0.25) is 5.02 Å². The number of rotatable bonds is 4. The number of aromatic nitrogens is 2. The Morgan fingerprint density at radius 2 is 2.10 bits per heavy atom. The van der Waals surface area contributed by atoms with E-state index in [2.05, 4.69) is 5.10 Å². The van der Waals surface area contributed by atoms with E-state index in [1.807, 2.05) is 19.1 Å². The molecular weight excluding hydrogens is 282 g/mol. The number of hydrogen-bond acceptors (Lipinski definition) is 4. The van der Waals surface area contributed by atoms with Gasteiger partial charge < -0.3 is 4.74 Å². The lowest BCUT2D eigenvalue weighted by atomic mass is 10.2. The lowest BCUT2D eigenvalue weighted by Gasteiger charge is -2.09. The van der Waals surface area contributed by atoms with Gasteiger partial charge in [0.1, 0.15) is 17.1 Å². The van der Waals surface area contributed by atoms with E-state index in [0.717, 1.165) is 5.56 Å². The van der Waals surface area contributed by atoms with Crippen molar-refractivity contribution in [2.45, 2.75) is 27.5 Å². The zero-order valence-electron chi connectivity index (χ0n) is 11.4. The molecule has 0 bridgehead atoms. The van der Waals surface area contributed by atoms with E-state index in [9.17, 15) is 10.1 Å². The molecule has 0 aliphatic rings. The fourth-order valence-electron chi connectivity index (χ4n) is 1.93. The number of ether oxygens (including phenoxy) is 1. The summed E-state index contributed by atoms with van der Waals surface area (Å²) in [5, 5.41) is 15.5. The molecule has 7 heteroatoms. The van der Waals surface area contributed by atoms with Gasteiger partial charge in [-0.15, -0.1) is 0 Å². The van der Waals surface area contributed by atoms with E-state index in [1.165, 1.54) is 4.68 Å². The molecule has 2 rings (SSSR count). The Hall–Kier alpha value is -2.08. The van der Waals surface area contributed by atoms with Crippen molar-refractivity contribution in [3.05, 3.63) is 50.3 Å². The molecule has 0 saturated heterocycles. The van der Waals surface area contributed by atoms with Crippen LogP contribution < -0.4 is 4.74 Å². The number of nitro groups is 1. The number of hydrogen-bond donors (Lipinski definition) is 0. The highest BCUT2D eigenvalue weighted by Crippen LogP contribution is 2.26. The van der Waals surface area contributed by atoms with E-state index >= 15 is 0 Å². The van der Waals surface area contributed by atoms with Gasteiger partial charge in [-0.2, -0.15) is 5.10 Å². The summed E-state index contributed by atoms with van der Waals surface area (Å²) < 4.78 is 7.03. The van der Waals surface area contributed by atoms with Crippen LogP contribution in [-0.2, 0) is 6.73 Å². The molecule has 1 heterocycles. The lowest BCUT2D eigenvalue weighted by molar-refractivity contribution is -0.386. The second-order valence-corrected chi connectivity index (χ2v) is 4.89. The quantitative estimate of drug-likeness (QED) is 0.640. The highest BCUT2D eigenvalue weighted by Gasteiger charge is 2.21. The van der Waals surface area contributed by atoms with Crippen LogP contribution in [0.3, 0.4) is 0 Å². The van der Waals surface area contributed by atoms with Gasteiger partial charge in [-0.3, -0.25) is 10.1 Å². The van der Waals surface area contributed by atoms with Crippen LogP contribution in [-0.4, -0.2) is 14.7 Å². The minimum absolute atomic E-state index is 0.0175. The van der Waals surface area contributed by atoms with Crippen LogP contribution in [0.1, 0.15) is 17.0 Å². The first-order valence-corrected chi connectivity index (χ1v) is 6.35. The van der Waals surface area contributed by atoms with Gasteiger partial charge in [0, 0.05) is 0 Å². The van der Waals surface area contributed by atoms with Gasteiger partial charge in [-0.1, -0.05) is 17.7 Å². The first kappa shape index (κ1) is 14.3. The molecule has 0 aliphatic heterocycles. The first-order valence-electron chi connectivity index (χ1n) is 5.97. The van der Waals surface area contributed by atoms with Gasteiger partial charge >= 0.3 is 5.69 Å². The predicted octanol–water partition coefficient (Wildman–Crippen LogP) is 3.41. The van der Waals surface area contributed by atoms with E-state index < -0.39 is 4.92 Å². The maximum absolute atomic E-state index is 10.9. The minimum atomic E-state index is -0.437. The summed E-state index contributed by atoms with van der Waals surface area (Å²) in [6.45, 7) is 5.24. The highest BCUT2D eigenvalue weighted by atomic mass is 35.5. The van der Waals surface area contributed by atoms with Crippen molar-refractivity contribution in [3.63, 3.8) is 0 Å². The number of halogens is 1. The smallest absolute Gasteiger partial charge is 0.312 e. The molecule has 0 atom stereocenters. The van der Waals surface area contributed by atoms with Crippen molar-refractivity contribution >= 4 is 17.3 Å². The van der Waals surface area contributed by atoms with Crippen molar-refractivity contribution in [2.24, 2.45) is 0 Å². The largest absolute Gasteiger partial charge is 0.470 e. The van der Waals surface area contributed by atoms with Crippen molar-refractivity contribution < 1.29 is 9.66 Å². The third kappa shape index (κ3) is 2.75. The van der Waals surface area contributed by atoms with Crippen molar-refractivity contribution in [3.8, 4) is 5.75 Å². The average Bonchev–Trinajstić information content (AvgIpc) is 2.65. The molecule has 6 nitrogen and oxygen atoms in total. The molecule has 0 saturated carbocycles. The zero-order valence-corrected chi connectivity index (χ0v) is 12.1. The highest BCUT2D eigenvalue weighted by molar-refractivity contribution is 6.32. The van der Waals surface area contributed by atoms with Gasteiger partial charge in [0.25, 0.3) is 0 Å². The molecule has 1 aromatic heterocycles. The Morgan fingerprint density at radius 1 is 1.40 bits per heavy atom. The lowest BCUT2D eigenvalue weighted by Crippen LogP contribution is -2.09. The Bertz CT molecular complexity index is 667. The summed E-state index contributed by atoms with van der Waals surface area (Å²) in [5.41, 5.74) is 1.86. The van der Waals surface area contributed by atoms with Crippen LogP contribution in [0.5, 0.6) is 5.75 Å². The summed E-state index contributed by atoms with van der Waals surface area (Å²) in [6.07, 6.45) is 0. The molecule has 0 N–H and O–H groups in total. The second kappa shape index (κ2) is 5.50. The average molecular weight is 296 g/mol. The van der Waals surface area contributed by atoms with Crippen LogP contribution in [0, 0.1) is 30.9 Å². The Balaban J connectivity index is 2.21. The maximum Gasteiger partial charge on any atom is 0.312 e. The van der Waals surface area contributed by atoms with Gasteiger partial charge in [-0.25, -0.2) is 4.68 Å². The van der Waals surface area contributed by atoms with Gasteiger partial charge in [-0.05, 0) is 38.5 Å². The van der Waals surface area contributed by atoms with E-state index in [4.69, 9.17) is 16.3 Å². The van der Waals surface area contributed by atoms with Crippen LogP contribution in [0.15, 0.2) is 18.2 Å². The third-order valence-electron chi connectivity index (χ3n) is 2.95. The van der Waals surface area contributed by atoms with Gasteiger partial charge in [0.15, 0.2) is 6.73 Å². The molecule has 0 radical (unpaired) electrons. The number of aryl methyl sites for hydroxylation is 2. The topological polar surface area (TPSA) is 70.2 Å². The third-order valence-corrected chi connectivity index (χ3v) is 3.27. The summed E-state index contributed by atoms with van der Waals surface area (Å²) in [4.78, 5) is 10.5. The second-order valence-electron chi connectivity index (χ2n) is 4.48. The monoisotopic (exact) mass is 295 g/mol. The van der Waals surface area contributed by atoms with Gasteiger partial charge in [0.05, 0.1) is 9.95 Å². The summed E-state index contributed by atoms with van der Waals surface area (Å²) in [6, 6.07) is 5.43. The Kier molecular flexibility index (Phi) is 3.94. The Morgan fingerprint density at radius 3 is 2.70 bits per heavy atom. The van der Waals surface area contributed by atoms with E-state index in [-0.39, 0.29) is 12.4 Å². The van der Waals surface area contributed by atoms with E-state index in [1.54, 1.807) is 19.9 Å². The molecule has 1 aromatic carbocycles. The van der Waals surface area contributed by atoms with Crippen molar-refractivity contribution in [1.29, 1.82) is 0 Å². The molecule has 0 fully saturated rings. The Labute approximate surface area is 121 Å². The standard InChI is InChI=1S/C13H14ClN3O3/c1-8-4-5-11(14)12(6-8)20-7-16-10(3)13(17(18)19)9(2)15-16/h4-6H,7H2,1-3H3. The van der Waals surface area contributed by atoms with Crippen molar-refractivity contribution in [1.82, 2.24) is 9.78 Å². The van der Waals surface area contributed by atoms with Crippen LogP contribution in [0.4, 0.5) is 5.69 Å². The normalized spacial score (nSPS) is 10.6. The van der Waals surface area contributed by atoms with Crippen molar-refractivity contribution in [2.75, 3.05) is 0 Å². The first-order chi connectivity index (χ1) is 9.40. The molecule has 106 valence electrons. The van der Waals surface area contributed by atoms with Crippen LogP contribution >= 0.6 is 11.6 Å².